The van der Waals surface area contributed by atoms with Gasteiger partial charge in [0.15, 0.2) is 0 Å². The van der Waals surface area contributed by atoms with E-state index in [1.54, 1.807) is 24.4 Å². The van der Waals surface area contributed by atoms with Gasteiger partial charge in [-0.15, -0.1) is 0 Å². The van der Waals surface area contributed by atoms with E-state index in [1.807, 2.05) is 30.3 Å². The number of fused-ring (bicyclic) bond motifs is 1. The standard InChI is InChI=1S/C15H11N3O2/c19-18(20)14-9-8-13(15-12(14)7-4-10-16-15)17-11-5-2-1-3-6-11/h1-10,17H. The molecular formula is C15H11N3O2. The second-order valence-corrected chi connectivity index (χ2v) is 4.28. The number of nitrogens with one attached hydrogen (secondary N) is 1. The number of anilines is 2. The van der Waals surface area contributed by atoms with Gasteiger partial charge in [-0.1, -0.05) is 18.2 Å². The summed E-state index contributed by atoms with van der Waals surface area (Å²) in [6.45, 7) is 0. The van der Waals surface area contributed by atoms with Crippen molar-refractivity contribution in [2.24, 2.45) is 0 Å². The fraction of sp³-hybridized carbons (Fsp3) is 0. The van der Waals surface area contributed by atoms with Gasteiger partial charge in [0.25, 0.3) is 5.69 Å². The zero-order valence-corrected chi connectivity index (χ0v) is 10.5. The highest BCUT2D eigenvalue weighted by molar-refractivity contribution is 5.97. The van der Waals surface area contributed by atoms with Crippen LogP contribution in [0.1, 0.15) is 0 Å². The lowest BCUT2D eigenvalue weighted by atomic mass is 10.1. The Bertz CT molecular complexity index is 772. The predicted molar refractivity (Wildman–Crippen MR) is 78.1 cm³/mol. The van der Waals surface area contributed by atoms with Gasteiger partial charge in [-0.25, -0.2) is 0 Å². The van der Waals surface area contributed by atoms with Crippen LogP contribution in [0.4, 0.5) is 17.1 Å². The highest BCUT2D eigenvalue weighted by Crippen LogP contribution is 2.31. The molecule has 0 spiro atoms. The van der Waals surface area contributed by atoms with E-state index < -0.39 is 4.92 Å². The molecule has 3 rings (SSSR count). The van der Waals surface area contributed by atoms with Crippen LogP contribution in [0.3, 0.4) is 0 Å². The molecule has 0 fully saturated rings. The lowest BCUT2D eigenvalue weighted by molar-refractivity contribution is -0.383. The number of aromatic nitrogens is 1. The Hall–Kier alpha value is -2.95. The quantitative estimate of drug-likeness (QED) is 0.576. The van der Waals surface area contributed by atoms with Crippen LogP contribution in [-0.4, -0.2) is 9.91 Å². The SMILES string of the molecule is O=[N+]([O-])c1ccc(Nc2ccccc2)c2ncccc12. The maximum absolute atomic E-state index is 11.0. The predicted octanol–water partition coefficient (Wildman–Crippen LogP) is 3.89. The summed E-state index contributed by atoms with van der Waals surface area (Å²) in [5.74, 6) is 0. The van der Waals surface area contributed by atoms with Crippen molar-refractivity contribution in [2.45, 2.75) is 0 Å². The van der Waals surface area contributed by atoms with E-state index in [0.29, 0.717) is 10.9 Å². The van der Waals surface area contributed by atoms with Crippen LogP contribution in [0.25, 0.3) is 10.9 Å². The number of benzene rings is 2. The van der Waals surface area contributed by atoms with Crippen molar-refractivity contribution in [2.75, 3.05) is 5.32 Å². The molecular weight excluding hydrogens is 254 g/mol. The van der Waals surface area contributed by atoms with Gasteiger partial charge in [0.1, 0.15) is 5.52 Å². The Balaban J connectivity index is 2.13. The van der Waals surface area contributed by atoms with Crippen molar-refractivity contribution in [1.82, 2.24) is 4.98 Å². The fourth-order valence-corrected chi connectivity index (χ4v) is 2.09. The van der Waals surface area contributed by atoms with Gasteiger partial charge in [0.2, 0.25) is 0 Å². The van der Waals surface area contributed by atoms with Crippen molar-refractivity contribution in [3.8, 4) is 0 Å². The summed E-state index contributed by atoms with van der Waals surface area (Å²) in [6.07, 6.45) is 1.63. The fourth-order valence-electron chi connectivity index (χ4n) is 2.09. The zero-order valence-electron chi connectivity index (χ0n) is 10.5. The molecule has 0 aliphatic heterocycles. The Kier molecular flexibility index (Phi) is 3.01. The van der Waals surface area contributed by atoms with Gasteiger partial charge in [0.05, 0.1) is 16.0 Å². The number of nitro groups is 1. The smallest absolute Gasteiger partial charge is 0.278 e. The van der Waals surface area contributed by atoms with Crippen LogP contribution in [-0.2, 0) is 0 Å². The number of hydrogen-bond donors (Lipinski definition) is 1. The second kappa shape index (κ2) is 4.97. The summed E-state index contributed by atoms with van der Waals surface area (Å²) >= 11 is 0. The first-order chi connectivity index (χ1) is 9.75. The monoisotopic (exact) mass is 265 g/mol. The molecule has 0 atom stereocenters. The van der Waals surface area contributed by atoms with E-state index in [-0.39, 0.29) is 5.69 Å². The summed E-state index contributed by atoms with van der Waals surface area (Å²) in [5.41, 5.74) is 2.31. The van der Waals surface area contributed by atoms with Crippen LogP contribution >= 0.6 is 0 Å². The molecule has 0 unspecified atom stereocenters. The van der Waals surface area contributed by atoms with Gasteiger partial charge >= 0.3 is 0 Å². The summed E-state index contributed by atoms with van der Waals surface area (Å²) in [6, 6.07) is 16.2. The van der Waals surface area contributed by atoms with E-state index >= 15 is 0 Å². The Morgan fingerprint density at radius 2 is 1.80 bits per heavy atom. The molecule has 0 radical (unpaired) electrons. The normalized spacial score (nSPS) is 10.4. The number of pyridine rings is 1. The van der Waals surface area contributed by atoms with Gasteiger partial charge in [0, 0.05) is 18.0 Å². The van der Waals surface area contributed by atoms with Crippen molar-refractivity contribution in [3.63, 3.8) is 0 Å². The topological polar surface area (TPSA) is 68.1 Å². The molecule has 0 aliphatic carbocycles. The van der Waals surface area contributed by atoms with Crippen LogP contribution < -0.4 is 5.32 Å². The number of nitrogens with zero attached hydrogens (tertiary/aromatic N) is 2. The Labute approximate surface area is 115 Å². The molecule has 1 N–H and O–H groups in total. The first-order valence-corrected chi connectivity index (χ1v) is 6.10. The molecule has 3 aromatic rings. The van der Waals surface area contributed by atoms with Crippen LogP contribution in [0.2, 0.25) is 0 Å². The molecule has 0 saturated heterocycles. The molecule has 1 aromatic heterocycles. The van der Waals surface area contributed by atoms with Gasteiger partial charge < -0.3 is 5.32 Å². The molecule has 5 nitrogen and oxygen atoms in total. The third kappa shape index (κ3) is 2.16. The van der Waals surface area contributed by atoms with Gasteiger partial charge in [-0.2, -0.15) is 0 Å². The third-order valence-corrected chi connectivity index (χ3v) is 3.00. The molecule has 0 aliphatic rings. The minimum atomic E-state index is -0.393. The lowest BCUT2D eigenvalue weighted by Gasteiger charge is -2.09. The lowest BCUT2D eigenvalue weighted by Crippen LogP contribution is -1.96. The van der Waals surface area contributed by atoms with Gasteiger partial charge in [-0.05, 0) is 30.3 Å². The molecule has 2 aromatic carbocycles. The number of rotatable bonds is 3. The molecule has 0 saturated carbocycles. The van der Waals surface area contributed by atoms with Crippen LogP contribution in [0.5, 0.6) is 0 Å². The number of non-ortho nitro benzene ring substituents is 1. The third-order valence-electron chi connectivity index (χ3n) is 3.00. The van der Waals surface area contributed by atoms with E-state index in [2.05, 4.69) is 10.3 Å². The van der Waals surface area contributed by atoms with E-state index in [1.165, 1.54) is 6.07 Å². The maximum Gasteiger partial charge on any atom is 0.278 e. The first-order valence-electron chi connectivity index (χ1n) is 6.10. The molecule has 1 heterocycles. The molecule has 5 heteroatoms. The summed E-state index contributed by atoms with van der Waals surface area (Å²) in [4.78, 5) is 14.9. The van der Waals surface area contributed by atoms with E-state index in [4.69, 9.17) is 0 Å². The number of hydrogen-bond acceptors (Lipinski definition) is 4. The zero-order chi connectivity index (χ0) is 13.9. The Morgan fingerprint density at radius 1 is 1.00 bits per heavy atom. The molecule has 98 valence electrons. The van der Waals surface area contributed by atoms with Crippen LogP contribution in [0, 0.1) is 10.1 Å². The van der Waals surface area contributed by atoms with Gasteiger partial charge in [-0.3, -0.25) is 15.1 Å². The molecule has 0 amide bonds. The highest BCUT2D eigenvalue weighted by Gasteiger charge is 2.14. The first kappa shape index (κ1) is 12.1. The summed E-state index contributed by atoms with van der Waals surface area (Å²) in [5, 5.41) is 14.8. The van der Waals surface area contributed by atoms with E-state index in [0.717, 1.165) is 11.4 Å². The van der Waals surface area contributed by atoms with Crippen molar-refractivity contribution in [1.29, 1.82) is 0 Å². The average molecular weight is 265 g/mol. The minimum Gasteiger partial charge on any atom is -0.354 e. The molecule has 0 bridgehead atoms. The number of nitro benzene ring substituents is 1. The van der Waals surface area contributed by atoms with Crippen LogP contribution in [0.15, 0.2) is 60.8 Å². The average Bonchev–Trinajstić information content (AvgIpc) is 2.48. The highest BCUT2D eigenvalue weighted by atomic mass is 16.6. The second-order valence-electron chi connectivity index (χ2n) is 4.28. The summed E-state index contributed by atoms with van der Waals surface area (Å²) in [7, 11) is 0. The molecule has 20 heavy (non-hydrogen) atoms. The maximum atomic E-state index is 11.0. The van der Waals surface area contributed by atoms with E-state index in [9.17, 15) is 10.1 Å². The minimum absolute atomic E-state index is 0.0618. The Morgan fingerprint density at radius 3 is 2.55 bits per heavy atom. The largest absolute Gasteiger partial charge is 0.354 e. The number of para-hydroxylation sites is 1. The van der Waals surface area contributed by atoms with Crippen molar-refractivity contribution >= 4 is 28.0 Å². The van der Waals surface area contributed by atoms with Crippen molar-refractivity contribution < 1.29 is 4.92 Å². The summed E-state index contributed by atoms with van der Waals surface area (Å²) < 4.78 is 0. The van der Waals surface area contributed by atoms with Crippen molar-refractivity contribution in [3.05, 3.63) is 70.9 Å².